The smallest absolute Gasteiger partial charge is 0.239 e. The summed E-state index contributed by atoms with van der Waals surface area (Å²) in [6, 6.07) is 9.58. The minimum absolute atomic E-state index is 0.0214. The summed E-state index contributed by atoms with van der Waals surface area (Å²) >= 11 is 0. The number of amides is 1. The topological polar surface area (TPSA) is 66.6 Å². The van der Waals surface area contributed by atoms with Crippen LogP contribution in [0.2, 0.25) is 0 Å². The molecule has 0 aliphatic rings. The molecule has 0 heterocycles. The van der Waals surface area contributed by atoms with Crippen molar-refractivity contribution in [1.29, 1.82) is 0 Å². The lowest BCUT2D eigenvalue weighted by Crippen LogP contribution is -2.44. The molecule has 1 rings (SSSR count). The largest absolute Gasteiger partial charge is 0.396 e. The first-order valence-electron chi connectivity index (χ1n) is 6.88. The second-order valence-corrected chi connectivity index (χ2v) is 4.63. The molecule has 1 aromatic rings. The van der Waals surface area contributed by atoms with E-state index in [2.05, 4.69) is 0 Å². The number of hydrogen-bond donors (Lipinski definition) is 2. The first-order chi connectivity index (χ1) is 9.19. The molecule has 0 saturated heterocycles. The number of rotatable bonds is 8. The van der Waals surface area contributed by atoms with Gasteiger partial charge in [-0.15, -0.1) is 0 Å². The van der Waals surface area contributed by atoms with Gasteiger partial charge in [0.05, 0.1) is 6.04 Å². The monoisotopic (exact) mass is 264 g/mol. The van der Waals surface area contributed by atoms with Gasteiger partial charge in [0, 0.05) is 19.7 Å². The van der Waals surface area contributed by atoms with E-state index in [1.807, 2.05) is 37.3 Å². The van der Waals surface area contributed by atoms with Gasteiger partial charge in [-0.2, -0.15) is 0 Å². The number of likely N-dealkylation sites (N-methyl/N-ethyl adjacent to an activating group) is 1. The Morgan fingerprint density at radius 1 is 1.37 bits per heavy atom. The van der Waals surface area contributed by atoms with Gasteiger partial charge in [-0.1, -0.05) is 30.3 Å². The zero-order valence-electron chi connectivity index (χ0n) is 11.6. The van der Waals surface area contributed by atoms with Crippen molar-refractivity contribution in [3.05, 3.63) is 35.9 Å². The molecule has 1 aromatic carbocycles. The fraction of sp³-hybridized carbons (Fsp3) is 0.533. The summed E-state index contributed by atoms with van der Waals surface area (Å²) in [4.78, 5) is 13.8. The summed E-state index contributed by atoms with van der Waals surface area (Å²) in [5, 5.41) is 8.81. The lowest BCUT2D eigenvalue weighted by atomic mass is 10.0. The molecule has 0 unspecified atom stereocenters. The minimum Gasteiger partial charge on any atom is -0.396 e. The molecule has 0 saturated carbocycles. The zero-order chi connectivity index (χ0) is 14.1. The van der Waals surface area contributed by atoms with Crippen LogP contribution in [0.3, 0.4) is 0 Å². The molecule has 0 aliphatic carbocycles. The third-order valence-corrected chi connectivity index (χ3v) is 3.18. The fourth-order valence-electron chi connectivity index (χ4n) is 2.01. The molecule has 1 atom stereocenters. The van der Waals surface area contributed by atoms with Gasteiger partial charge in [-0.3, -0.25) is 4.79 Å². The van der Waals surface area contributed by atoms with E-state index in [1.165, 1.54) is 5.56 Å². The Labute approximate surface area is 115 Å². The van der Waals surface area contributed by atoms with Crippen LogP contribution in [0, 0.1) is 0 Å². The SMILES string of the molecule is CCN(CCCO)C(=O)[C@@H](N)CCc1ccccc1. The molecule has 0 bridgehead atoms. The van der Waals surface area contributed by atoms with Crippen molar-refractivity contribution in [2.24, 2.45) is 5.73 Å². The Hall–Kier alpha value is -1.39. The number of aliphatic hydroxyl groups is 1. The molecular weight excluding hydrogens is 240 g/mol. The molecule has 0 radical (unpaired) electrons. The number of aliphatic hydroxyl groups excluding tert-OH is 1. The summed E-state index contributed by atoms with van der Waals surface area (Å²) in [6.45, 7) is 3.24. The van der Waals surface area contributed by atoms with Gasteiger partial charge in [0.25, 0.3) is 0 Å². The van der Waals surface area contributed by atoms with Crippen molar-refractivity contribution in [2.45, 2.75) is 32.2 Å². The first kappa shape index (κ1) is 15.7. The lowest BCUT2D eigenvalue weighted by molar-refractivity contribution is -0.132. The Bertz CT molecular complexity index is 368. The molecule has 4 heteroatoms. The number of nitrogens with two attached hydrogens (primary N) is 1. The van der Waals surface area contributed by atoms with Crippen molar-refractivity contribution in [3.63, 3.8) is 0 Å². The fourth-order valence-corrected chi connectivity index (χ4v) is 2.01. The van der Waals surface area contributed by atoms with E-state index in [0.29, 0.717) is 25.9 Å². The van der Waals surface area contributed by atoms with Crippen molar-refractivity contribution in [3.8, 4) is 0 Å². The number of carbonyl (C=O) groups excluding carboxylic acids is 1. The van der Waals surface area contributed by atoms with Gasteiger partial charge in [0.2, 0.25) is 5.91 Å². The van der Waals surface area contributed by atoms with Crippen LogP contribution >= 0.6 is 0 Å². The summed E-state index contributed by atoms with van der Waals surface area (Å²) in [5.74, 6) is -0.0214. The molecule has 3 N–H and O–H groups in total. The molecular formula is C15H24N2O2. The standard InChI is InChI=1S/C15H24N2O2/c1-2-17(11-6-12-18)15(19)14(16)10-9-13-7-4-3-5-8-13/h3-5,7-8,14,18H,2,6,9-12,16H2,1H3/t14-/m0/s1. The van der Waals surface area contributed by atoms with Crippen molar-refractivity contribution < 1.29 is 9.90 Å². The van der Waals surface area contributed by atoms with Crippen LogP contribution in [-0.4, -0.2) is 41.7 Å². The molecule has 4 nitrogen and oxygen atoms in total. The van der Waals surface area contributed by atoms with E-state index in [-0.39, 0.29) is 12.5 Å². The summed E-state index contributed by atoms with van der Waals surface area (Å²) in [5.41, 5.74) is 7.16. The highest BCUT2D eigenvalue weighted by molar-refractivity contribution is 5.81. The zero-order valence-corrected chi connectivity index (χ0v) is 11.6. The Balaban J connectivity index is 2.42. The predicted molar refractivity (Wildman–Crippen MR) is 76.7 cm³/mol. The molecule has 0 fully saturated rings. The van der Waals surface area contributed by atoms with Gasteiger partial charge in [0.15, 0.2) is 0 Å². The normalized spacial score (nSPS) is 12.2. The maximum absolute atomic E-state index is 12.1. The number of hydrogen-bond acceptors (Lipinski definition) is 3. The molecule has 0 aliphatic heterocycles. The number of benzene rings is 1. The predicted octanol–water partition coefficient (Wildman–Crippen LogP) is 1.18. The molecule has 106 valence electrons. The Kier molecular flexibility index (Phi) is 7.15. The molecule has 19 heavy (non-hydrogen) atoms. The van der Waals surface area contributed by atoms with E-state index in [4.69, 9.17) is 10.8 Å². The van der Waals surface area contributed by atoms with E-state index in [0.717, 1.165) is 6.42 Å². The Morgan fingerprint density at radius 3 is 2.63 bits per heavy atom. The van der Waals surface area contributed by atoms with Crippen molar-refractivity contribution in [2.75, 3.05) is 19.7 Å². The van der Waals surface area contributed by atoms with E-state index in [1.54, 1.807) is 4.90 Å². The molecule has 0 spiro atoms. The second kappa shape index (κ2) is 8.67. The quantitative estimate of drug-likeness (QED) is 0.741. The summed E-state index contributed by atoms with van der Waals surface area (Å²) in [7, 11) is 0. The number of aryl methyl sites for hydroxylation is 1. The van der Waals surface area contributed by atoms with Gasteiger partial charge in [-0.25, -0.2) is 0 Å². The summed E-state index contributed by atoms with van der Waals surface area (Å²) in [6.07, 6.45) is 2.06. The van der Waals surface area contributed by atoms with Crippen LogP contribution in [0.25, 0.3) is 0 Å². The maximum Gasteiger partial charge on any atom is 0.239 e. The van der Waals surface area contributed by atoms with Gasteiger partial charge < -0.3 is 15.7 Å². The highest BCUT2D eigenvalue weighted by Gasteiger charge is 2.19. The van der Waals surface area contributed by atoms with Crippen LogP contribution in [0.4, 0.5) is 0 Å². The highest BCUT2D eigenvalue weighted by atomic mass is 16.3. The highest BCUT2D eigenvalue weighted by Crippen LogP contribution is 2.06. The molecule has 1 amide bonds. The van der Waals surface area contributed by atoms with Crippen LogP contribution in [-0.2, 0) is 11.2 Å². The lowest BCUT2D eigenvalue weighted by Gasteiger charge is -2.24. The number of carbonyl (C=O) groups is 1. The maximum atomic E-state index is 12.1. The van der Waals surface area contributed by atoms with E-state index >= 15 is 0 Å². The Morgan fingerprint density at radius 2 is 2.05 bits per heavy atom. The minimum atomic E-state index is -0.459. The van der Waals surface area contributed by atoms with Crippen LogP contribution in [0.15, 0.2) is 30.3 Å². The third-order valence-electron chi connectivity index (χ3n) is 3.18. The van der Waals surface area contributed by atoms with Crippen LogP contribution in [0.5, 0.6) is 0 Å². The average molecular weight is 264 g/mol. The van der Waals surface area contributed by atoms with E-state index in [9.17, 15) is 4.79 Å². The van der Waals surface area contributed by atoms with Gasteiger partial charge in [-0.05, 0) is 31.7 Å². The number of nitrogens with zero attached hydrogens (tertiary/aromatic N) is 1. The molecule has 0 aromatic heterocycles. The third kappa shape index (κ3) is 5.41. The van der Waals surface area contributed by atoms with Crippen molar-refractivity contribution >= 4 is 5.91 Å². The van der Waals surface area contributed by atoms with Crippen LogP contribution < -0.4 is 5.73 Å². The second-order valence-electron chi connectivity index (χ2n) is 4.63. The first-order valence-corrected chi connectivity index (χ1v) is 6.88. The van der Waals surface area contributed by atoms with Crippen LogP contribution in [0.1, 0.15) is 25.3 Å². The van der Waals surface area contributed by atoms with E-state index < -0.39 is 6.04 Å². The average Bonchev–Trinajstić information content (AvgIpc) is 2.46. The van der Waals surface area contributed by atoms with Gasteiger partial charge >= 0.3 is 0 Å². The van der Waals surface area contributed by atoms with Crippen molar-refractivity contribution in [1.82, 2.24) is 4.90 Å². The summed E-state index contributed by atoms with van der Waals surface area (Å²) < 4.78 is 0. The van der Waals surface area contributed by atoms with Gasteiger partial charge in [0.1, 0.15) is 0 Å².